The molecule has 1 saturated carbocycles. The van der Waals surface area contributed by atoms with Crippen molar-refractivity contribution in [3.05, 3.63) is 0 Å². The minimum Gasteiger partial charge on any atom is -0.327 e. The van der Waals surface area contributed by atoms with Crippen LogP contribution in [0.2, 0.25) is 0 Å². The number of hydrogen-bond donors (Lipinski definition) is 2. The molecular weight excluding hydrogens is 160 g/mol. The Morgan fingerprint density at radius 2 is 2.00 bits per heavy atom. The molecule has 0 spiro atoms. The van der Waals surface area contributed by atoms with Crippen LogP contribution in [0.5, 0.6) is 0 Å². The van der Waals surface area contributed by atoms with Gasteiger partial charge in [0.25, 0.3) is 0 Å². The van der Waals surface area contributed by atoms with E-state index < -0.39 is 0 Å². The van der Waals surface area contributed by atoms with Gasteiger partial charge in [-0.05, 0) is 37.8 Å². The Balaban J connectivity index is 2.11. The fraction of sp³-hybridized carbons (Fsp3) is 1.00. The lowest BCUT2D eigenvalue weighted by atomic mass is 9.85. The smallest absolute Gasteiger partial charge is 0.00792 e. The zero-order chi connectivity index (χ0) is 9.68. The van der Waals surface area contributed by atoms with Gasteiger partial charge in [0, 0.05) is 6.04 Å². The van der Waals surface area contributed by atoms with Crippen LogP contribution in [0, 0.1) is 11.8 Å². The highest BCUT2D eigenvalue weighted by atomic mass is 14.9. The molecular formula is C11H24N2. The monoisotopic (exact) mass is 184 g/mol. The van der Waals surface area contributed by atoms with Crippen molar-refractivity contribution in [1.29, 1.82) is 0 Å². The lowest BCUT2D eigenvalue weighted by Crippen LogP contribution is -2.40. The first-order chi connectivity index (χ1) is 6.20. The van der Waals surface area contributed by atoms with E-state index in [1.807, 2.05) is 0 Å². The molecule has 1 rings (SSSR count). The van der Waals surface area contributed by atoms with Crippen molar-refractivity contribution in [1.82, 2.24) is 5.32 Å². The van der Waals surface area contributed by atoms with Crippen LogP contribution in [-0.4, -0.2) is 19.1 Å². The molecule has 2 nitrogen and oxygen atoms in total. The highest BCUT2D eigenvalue weighted by Gasteiger charge is 2.20. The molecule has 2 unspecified atom stereocenters. The maximum absolute atomic E-state index is 6.06. The molecule has 1 aliphatic carbocycles. The van der Waals surface area contributed by atoms with Crippen LogP contribution in [0.4, 0.5) is 0 Å². The molecule has 1 aliphatic rings. The maximum Gasteiger partial charge on any atom is 0.00792 e. The van der Waals surface area contributed by atoms with E-state index in [4.69, 9.17) is 5.73 Å². The average molecular weight is 184 g/mol. The van der Waals surface area contributed by atoms with Gasteiger partial charge in [0.05, 0.1) is 0 Å². The van der Waals surface area contributed by atoms with Crippen molar-refractivity contribution in [2.24, 2.45) is 17.6 Å². The van der Waals surface area contributed by atoms with E-state index in [9.17, 15) is 0 Å². The molecule has 0 amide bonds. The summed E-state index contributed by atoms with van der Waals surface area (Å²) in [5.41, 5.74) is 6.06. The van der Waals surface area contributed by atoms with Gasteiger partial charge in [-0.1, -0.05) is 26.7 Å². The van der Waals surface area contributed by atoms with E-state index in [0.717, 1.165) is 24.9 Å². The summed E-state index contributed by atoms with van der Waals surface area (Å²) in [6, 6.07) is 0.452. The van der Waals surface area contributed by atoms with Gasteiger partial charge in [-0.15, -0.1) is 0 Å². The third-order valence-corrected chi connectivity index (χ3v) is 2.93. The van der Waals surface area contributed by atoms with E-state index in [2.05, 4.69) is 19.2 Å². The molecule has 1 fully saturated rings. The van der Waals surface area contributed by atoms with Gasteiger partial charge < -0.3 is 11.1 Å². The van der Waals surface area contributed by atoms with Gasteiger partial charge in [0.15, 0.2) is 0 Å². The molecule has 0 heterocycles. The normalized spacial score (nSPS) is 29.5. The van der Waals surface area contributed by atoms with Crippen LogP contribution in [0.3, 0.4) is 0 Å². The standard InChI is InChI=1S/C11H24N2/c1-9(2)7-13-8-10-5-3-4-6-11(10)12/h9-11,13H,3-8,12H2,1-2H3. The predicted octanol–water partition coefficient (Wildman–Crippen LogP) is 1.75. The first kappa shape index (κ1) is 11.0. The van der Waals surface area contributed by atoms with E-state index in [0.29, 0.717) is 6.04 Å². The van der Waals surface area contributed by atoms with Gasteiger partial charge in [-0.25, -0.2) is 0 Å². The Kier molecular flexibility index (Phi) is 4.74. The SMILES string of the molecule is CC(C)CNCC1CCCCC1N. The molecule has 0 saturated heterocycles. The number of nitrogens with one attached hydrogen (secondary N) is 1. The Labute approximate surface area is 82.3 Å². The second-order valence-corrected chi connectivity index (χ2v) is 4.76. The van der Waals surface area contributed by atoms with Crippen LogP contribution in [-0.2, 0) is 0 Å². The lowest BCUT2D eigenvalue weighted by Gasteiger charge is -2.28. The summed E-state index contributed by atoms with van der Waals surface area (Å²) in [7, 11) is 0. The summed E-state index contributed by atoms with van der Waals surface area (Å²) in [6.07, 6.45) is 5.27. The molecule has 2 atom stereocenters. The van der Waals surface area contributed by atoms with Crippen molar-refractivity contribution in [2.45, 2.75) is 45.6 Å². The molecule has 0 aromatic heterocycles. The van der Waals surface area contributed by atoms with E-state index in [-0.39, 0.29) is 0 Å². The maximum atomic E-state index is 6.06. The Bertz CT molecular complexity index is 134. The zero-order valence-corrected chi connectivity index (χ0v) is 9.05. The van der Waals surface area contributed by atoms with Crippen molar-refractivity contribution in [3.8, 4) is 0 Å². The molecule has 0 radical (unpaired) electrons. The van der Waals surface area contributed by atoms with Crippen LogP contribution in [0.15, 0.2) is 0 Å². The van der Waals surface area contributed by atoms with Gasteiger partial charge in [-0.3, -0.25) is 0 Å². The Morgan fingerprint density at radius 1 is 1.31 bits per heavy atom. The highest BCUT2D eigenvalue weighted by molar-refractivity contribution is 4.79. The highest BCUT2D eigenvalue weighted by Crippen LogP contribution is 2.22. The largest absolute Gasteiger partial charge is 0.327 e. The lowest BCUT2D eigenvalue weighted by molar-refractivity contribution is 0.293. The van der Waals surface area contributed by atoms with Gasteiger partial charge in [-0.2, -0.15) is 0 Å². The fourth-order valence-corrected chi connectivity index (χ4v) is 2.05. The van der Waals surface area contributed by atoms with Crippen LogP contribution in [0.25, 0.3) is 0 Å². The first-order valence-electron chi connectivity index (χ1n) is 5.66. The number of nitrogens with two attached hydrogens (primary N) is 1. The Hall–Kier alpha value is -0.0800. The molecule has 78 valence electrons. The summed E-state index contributed by atoms with van der Waals surface area (Å²) in [4.78, 5) is 0. The van der Waals surface area contributed by atoms with Crippen molar-refractivity contribution in [3.63, 3.8) is 0 Å². The minimum absolute atomic E-state index is 0.452. The molecule has 0 bridgehead atoms. The molecule has 0 aromatic carbocycles. The summed E-state index contributed by atoms with van der Waals surface area (Å²) >= 11 is 0. The first-order valence-corrected chi connectivity index (χ1v) is 5.66. The Morgan fingerprint density at radius 3 is 2.62 bits per heavy atom. The van der Waals surface area contributed by atoms with E-state index >= 15 is 0 Å². The number of rotatable bonds is 4. The quantitative estimate of drug-likeness (QED) is 0.698. The summed E-state index contributed by atoms with van der Waals surface area (Å²) < 4.78 is 0. The topological polar surface area (TPSA) is 38.0 Å². The zero-order valence-electron chi connectivity index (χ0n) is 9.05. The summed E-state index contributed by atoms with van der Waals surface area (Å²) in [6.45, 7) is 6.74. The fourth-order valence-electron chi connectivity index (χ4n) is 2.05. The van der Waals surface area contributed by atoms with E-state index in [1.165, 1.54) is 25.7 Å². The second kappa shape index (κ2) is 5.61. The molecule has 3 N–H and O–H groups in total. The van der Waals surface area contributed by atoms with Gasteiger partial charge in [0.2, 0.25) is 0 Å². The molecule has 13 heavy (non-hydrogen) atoms. The third-order valence-electron chi connectivity index (χ3n) is 2.93. The average Bonchev–Trinajstić information content (AvgIpc) is 2.08. The summed E-state index contributed by atoms with van der Waals surface area (Å²) in [5, 5.41) is 3.50. The molecule has 0 aromatic rings. The third kappa shape index (κ3) is 4.10. The van der Waals surface area contributed by atoms with Crippen molar-refractivity contribution in [2.75, 3.05) is 13.1 Å². The van der Waals surface area contributed by atoms with Crippen LogP contribution in [0.1, 0.15) is 39.5 Å². The molecule has 2 heteroatoms. The van der Waals surface area contributed by atoms with E-state index in [1.54, 1.807) is 0 Å². The minimum atomic E-state index is 0.452. The van der Waals surface area contributed by atoms with Crippen molar-refractivity contribution < 1.29 is 0 Å². The second-order valence-electron chi connectivity index (χ2n) is 4.76. The number of hydrogen-bond acceptors (Lipinski definition) is 2. The molecule has 0 aliphatic heterocycles. The van der Waals surface area contributed by atoms with Gasteiger partial charge in [0.1, 0.15) is 0 Å². The van der Waals surface area contributed by atoms with Gasteiger partial charge >= 0.3 is 0 Å². The van der Waals surface area contributed by atoms with Crippen molar-refractivity contribution >= 4 is 0 Å². The van der Waals surface area contributed by atoms with Crippen LogP contribution >= 0.6 is 0 Å². The van der Waals surface area contributed by atoms with Crippen LogP contribution < -0.4 is 11.1 Å². The predicted molar refractivity (Wildman–Crippen MR) is 57.6 cm³/mol. The summed E-state index contributed by atoms with van der Waals surface area (Å²) in [5.74, 6) is 1.48.